The highest BCUT2D eigenvalue weighted by Gasteiger charge is 2.03. The van der Waals surface area contributed by atoms with E-state index < -0.39 is 0 Å². The van der Waals surface area contributed by atoms with Crippen molar-refractivity contribution in [1.29, 1.82) is 0 Å². The summed E-state index contributed by atoms with van der Waals surface area (Å²) in [6, 6.07) is 3.98. The van der Waals surface area contributed by atoms with Crippen molar-refractivity contribution < 1.29 is 4.74 Å². The lowest BCUT2D eigenvalue weighted by atomic mass is 10.1. The number of aryl methyl sites for hydroxylation is 2. The molecule has 72 valence electrons. The highest BCUT2D eigenvalue weighted by molar-refractivity contribution is 5.56. The number of nitrogen functional groups attached to an aromatic ring is 1. The van der Waals surface area contributed by atoms with Gasteiger partial charge in [0.15, 0.2) is 0 Å². The minimum absolute atomic E-state index is 0.690. The smallest absolute Gasteiger partial charge is 0.122 e. The number of hydrogen-bond donors (Lipinski definition) is 2. The average Bonchev–Trinajstić information content (AvgIpc) is 2.11. The van der Waals surface area contributed by atoms with E-state index in [0.717, 1.165) is 22.6 Å². The van der Waals surface area contributed by atoms with Gasteiger partial charge in [0.05, 0.1) is 12.3 Å². The third-order valence-corrected chi connectivity index (χ3v) is 1.98. The van der Waals surface area contributed by atoms with Crippen molar-refractivity contribution in [3.8, 4) is 5.75 Å². The van der Waals surface area contributed by atoms with Crippen molar-refractivity contribution in [2.45, 2.75) is 20.8 Å². The SMILES string of the molecule is CCOc1cc(C)c(NN)cc1C. The molecule has 0 unspecified atom stereocenters. The van der Waals surface area contributed by atoms with Gasteiger partial charge in [-0.25, -0.2) is 0 Å². The molecule has 0 amide bonds. The van der Waals surface area contributed by atoms with Gasteiger partial charge >= 0.3 is 0 Å². The first kappa shape index (κ1) is 9.86. The molecule has 0 saturated carbocycles. The third kappa shape index (κ3) is 2.12. The Kier molecular flexibility index (Phi) is 3.14. The van der Waals surface area contributed by atoms with Crippen LogP contribution in [0.15, 0.2) is 12.1 Å². The van der Waals surface area contributed by atoms with Gasteiger partial charge in [0, 0.05) is 0 Å². The number of anilines is 1. The molecular formula is C10H16N2O. The molecule has 3 heteroatoms. The van der Waals surface area contributed by atoms with Crippen LogP contribution in [0.4, 0.5) is 5.69 Å². The monoisotopic (exact) mass is 180 g/mol. The molecule has 13 heavy (non-hydrogen) atoms. The van der Waals surface area contributed by atoms with E-state index in [1.807, 2.05) is 32.9 Å². The largest absolute Gasteiger partial charge is 0.494 e. The van der Waals surface area contributed by atoms with E-state index in [9.17, 15) is 0 Å². The third-order valence-electron chi connectivity index (χ3n) is 1.98. The summed E-state index contributed by atoms with van der Waals surface area (Å²) >= 11 is 0. The van der Waals surface area contributed by atoms with E-state index in [1.165, 1.54) is 0 Å². The molecule has 3 nitrogen and oxygen atoms in total. The van der Waals surface area contributed by atoms with E-state index in [2.05, 4.69) is 5.43 Å². The number of hydrogen-bond acceptors (Lipinski definition) is 3. The topological polar surface area (TPSA) is 47.3 Å². The summed E-state index contributed by atoms with van der Waals surface area (Å²) in [6.07, 6.45) is 0. The number of ether oxygens (including phenoxy) is 1. The highest BCUT2D eigenvalue weighted by Crippen LogP contribution is 2.25. The number of nitrogens with one attached hydrogen (secondary N) is 1. The average molecular weight is 180 g/mol. The molecular weight excluding hydrogens is 164 g/mol. The Balaban J connectivity index is 3.05. The summed E-state index contributed by atoms with van der Waals surface area (Å²) < 4.78 is 5.45. The van der Waals surface area contributed by atoms with Gasteiger partial charge in [0.1, 0.15) is 5.75 Å². The molecule has 0 saturated heterocycles. The number of benzene rings is 1. The van der Waals surface area contributed by atoms with Gasteiger partial charge in [0.2, 0.25) is 0 Å². The second-order valence-electron chi connectivity index (χ2n) is 3.01. The van der Waals surface area contributed by atoms with Gasteiger partial charge in [-0.1, -0.05) is 0 Å². The first-order valence-corrected chi connectivity index (χ1v) is 4.39. The number of hydrazine groups is 1. The molecule has 0 aliphatic rings. The van der Waals surface area contributed by atoms with Crippen molar-refractivity contribution in [2.75, 3.05) is 12.0 Å². The predicted molar refractivity (Wildman–Crippen MR) is 54.9 cm³/mol. The van der Waals surface area contributed by atoms with Gasteiger partial charge < -0.3 is 10.2 Å². The molecule has 0 heterocycles. The second kappa shape index (κ2) is 4.14. The predicted octanol–water partition coefficient (Wildman–Crippen LogP) is 1.99. The molecule has 3 N–H and O–H groups in total. The minimum Gasteiger partial charge on any atom is -0.494 e. The van der Waals surface area contributed by atoms with E-state index in [-0.39, 0.29) is 0 Å². The zero-order valence-electron chi connectivity index (χ0n) is 8.35. The number of nitrogens with two attached hydrogens (primary N) is 1. The lowest BCUT2D eigenvalue weighted by Gasteiger charge is -2.11. The lowest BCUT2D eigenvalue weighted by molar-refractivity contribution is 0.337. The molecule has 0 bridgehead atoms. The fraction of sp³-hybridized carbons (Fsp3) is 0.400. The Morgan fingerprint density at radius 3 is 2.54 bits per heavy atom. The van der Waals surface area contributed by atoms with Crippen LogP contribution >= 0.6 is 0 Å². The molecule has 0 radical (unpaired) electrons. The van der Waals surface area contributed by atoms with Gasteiger partial charge in [-0.15, -0.1) is 0 Å². The zero-order chi connectivity index (χ0) is 9.84. The molecule has 1 rings (SSSR count). The fourth-order valence-corrected chi connectivity index (χ4v) is 1.26. The first-order valence-electron chi connectivity index (χ1n) is 4.39. The van der Waals surface area contributed by atoms with E-state index >= 15 is 0 Å². The van der Waals surface area contributed by atoms with Crippen LogP contribution in [-0.2, 0) is 0 Å². The maximum atomic E-state index is 5.45. The van der Waals surface area contributed by atoms with Crippen LogP contribution in [0.5, 0.6) is 5.75 Å². The van der Waals surface area contributed by atoms with Crippen molar-refractivity contribution in [1.82, 2.24) is 0 Å². The molecule has 0 atom stereocenters. The summed E-state index contributed by atoms with van der Waals surface area (Å²) in [5.74, 6) is 6.28. The minimum atomic E-state index is 0.690. The van der Waals surface area contributed by atoms with Gasteiger partial charge in [-0.05, 0) is 44.0 Å². The molecule has 1 aromatic carbocycles. The Labute approximate surface area is 78.9 Å². The Hall–Kier alpha value is -1.22. The summed E-state index contributed by atoms with van der Waals surface area (Å²) in [5, 5.41) is 0. The van der Waals surface area contributed by atoms with Crippen LogP contribution in [0.1, 0.15) is 18.1 Å². The Bertz CT molecular complexity index is 297. The second-order valence-corrected chi connectivity index (χ2v) is 3.01. The molecule has 0 aromatic heterocycles. The van der Waals surface area contributed by atoms with E-state index in [0.29, 0.717) is 6.61 Å². The van der Waals surface area contributed by atoms with Crippen LogP contribution in [0.25, 0.3) is 0 Å². The standard InChI is InChI=1S/C10H16N2O/c1-4-13-10-6-7(2)9(12-11)5-8(10)3/h5-6,12H,4,11H2,1-3H3. The molecule has 0 aliphatic heterocycles. The maximum Gasteiger partial charge on any atom is 0.122 e. The van der Waals surface area contributed by atoms with E-state index in [4.69, 9.17) is 10.6 Å². The van der Waals surface area contributed by atoms with Crippen LogP contribution in [-0.4, -0.2) is 6.61 Å². The van der Waals surface area contributed by atoms with Crippen molar-refractivity contribution in [3.05, 3.63) is 23.3 Å². The molecule has 1 aromatic rings. The summed E-state index contributed by atoms with van der Waals surface area (Å²) in [6.45, 7) is 6.67. The normalized spacial score (nSPS) is 9.85. The molecule has 0 aliphatic carbocycles. The van der Waals surface area contributed by atoms with Gasteiger partial charge in [-0.3, -0.25) is 5.84 Å². The lowest BCUT2D eigenvalue weighted by Crippen LogP contribution is -2.08. The zero-order valence-corrected chi connectivity index (χ0v) is 8.35. The maximum absolute atomic E-state index is 5.45. The van der Waals surface area contributed by atoms with Crippen molar-refractivity contribution >= 4 is 5.69 Å². The highest BCUT2D eigenvalue weighted by atomic mass is 16.5. The van der Waals surface area contributed by atoms with Crippen molar-refractivity contribution in [2.24, 2.45) is 5.84 Å². The number of rotatable bonds is 3. The van der Waals surface area contributed by atoms with Crippen molar-refractivity contribution in [3.63, 3.8) is 0 Å². The first-order chi connectivity index (χ1) is 6.19. The van der Waals surface area contributed by atoms with Gasteiger partial charge in [-0.2, -0.15) is 0 Å². The summed E-state index contributed by atoms with van der Waals surface area (Å²) in [5.41, 5.74) is 5.79. The van der Waals surface area contributed by atoms with Crippen LogP contribution in [0.2, 0.25) is 0 Å². The summed E-state index contributed by atoms with van der Waals surface area (Å²) in [4.78, 5) is 0. The van der Waals surface area contributed by atoms with Crippen LogP contribution < -0.4 is 16.0 Å². The fourth-order valence-electron chi connectivity index (χ4n) is 1.26. The Morgan fingerprint density at radius 2 is 2.00 bits per heavy atom. The Morgan fingerprint density at radius 1 is 1.31 bits per heavy atom. The van der Waals surface area contributed by atoms with Crippen LogP contribution in [0, 0.1) is 13.8 Å². The van der Waals surface area contributed by atoms with Crippen LogP contribution in [0.3, 0.4) is 0 Å². The van der Waals surface area contributed by atoms with Gasteiger partial charge in [0.25, 0.3) is 0 Å². The molecule has 0 fully saturated rings. The summed E-state index contributed by atoms with van der Waals surface area (Å²) in [7, 11) is 0. The van der Waals surface area contributed by atoms with E-state index in [1.54, 1.807) is 0 Å². The quantitative estimate of drug-likeness (QED) is 0.552. The molecule has 0 spiro atoms.